The summed E-state index contributed by atoms with van der Waals surface area (Å²) in [5, 5.41) is 2.67. The number of hydrogen-bond acceptors (Lipinski definition) is 4. The maximum absolute atomic E-state index is 11.4. The fourth-order valence-corrected chi connectivity index (χ4v) is 0.866. The molecule has 0 aliphatic carbocycles. The summed E-state index contributed by atoms with van der Waals surface area (Å²) in [6.07, 6.45) is 3.00. The summed E-state index contributed by atoms with van der Waals surface area (Å²) in [5.74, 6) is 0.455. The number of carbonyl (C=O) groups is 1. The van der Waals surface area contributed by atoms with Crippen LogP contribution in [0.2, 0.25) is 0 Å². The second-order valence-electron chi connectivity index (χ2n) is 3.21. The molecule has 1 atom stereocenters. The molecular weight excluding hydrogens is 180 g/mol. The molecule has 0 radical (unpaired) electrons. The molecule has 14 heavy (non-hydrogen) atoms. The zero-order chi connectivity index (χ0) is 10.6. The molecule has 0 saturated carbocycles. The third kappa shape index (κ3) is 3.10. The molecule has 1 unspecified atom stereocenters. The lowest BCUT2D eigenvalue weighted by Crippen LogP contribution is -2.35. The molecule has 0 aliphatic heterocycles. The summed E-state index contributed by atoms with van der Waals surface area (Å²) >= 11 is 0. The van der Waals surface area contributed by atoms with E-state index in [2.05, 4.69) is 15.3 Å². The Morgan fingerprint density at radius 1 is 1.57 bits per heavy atom. The Labute approximate surface area is 82.7 Å². The van der Waals surface area contributed by atoms with E-state index in [1.807, 2.05) is 6.92 Å². The van der Waals surface area contributed by atoms with Crippen molar-refractivity contribution in [3.8, 4) is 0 Å². The summed E-state index contributed by atoms with van der Waals surface area (Å²) in [5.41, 5.74) is 5.95. The van der Waals surface area contributed by atoms with Crippen LogP contribution in [0, 0.1) is 6.92 Å². The molecular formula is C9H14N4O. The largest absolute Gasteiger partial charge is 0.350 e. The number of nitrogens with two attached hydrogens (primary N) is 1. The van der Waals surface area contributed by atoms with Gasteiger partial charge >= 0.3 is 0 Å². The highest BCUT2D eigenvalue weighted by Crippen LogP contribution is 1.94. The van der Waals surface area contributed by atoms with Gasteiger partial charge in [0.25, 0.3) is 5.91 Å². The van der Waals surface area contributed by atoms with Crippen molar-refractivity contribution in [1.82, 2.24) is 15.3 Å². The van der Waals surface area contributed by atoms with Crippen molar-refractivity contribution in [3.63, 3.8) is 0 Å². The van der Waals surface area contributed by atoms with Crippen molar-refractivity contribution >= 4 is 5.91 Å². The van der Waals surface area contributed by atoms with Crippen molar-refractivity contribution in [2.75, 3.05) is 6.54 Å². The highest BCUT2D eigenvalue weighted by Gasteiger charge is 2.06. The van der Waals surface area contributed by atoms with Crippen molar-refractivity contribution < 1.29 is 4.79 Å². The number of nitrogens with one attached hydrogen (secondary N) is 1. The summed E-state index contributed by atoms with van der Waals surface area (Å²) in [6.45, 7) is 4.04. The highest BCUT2D eigenvalue weighted by molar-refractivity contribution is 5.93. The van der Waals surface area contributed by atoms with Gasteiger partial charge in [-0.15, -0.1) is 0 Å². The van der Waals surface area contributed by atoms with Gasteiger partial charge in [-0.25, -0.2) is 9.97 Å². The number of amides is 1. The van der Waals surface area contributed by atoms with Crippen LogP contribution < -0.4 is 11.1 Å². The average Bonchev–Trinajstić information content (AvgIpc) is 2.15. The Hall–Kier alpha value is -1.49. The van der Waals surface area contributed by atoms with Gasteiger partial charge in [0.05, 0.1) is 5.56 Å². The summed E-state index contributed by atoms with van der Waals surface area (Å²) in [6, 6.07) is -0.0506. The van der Waals surface area contributed by atoms with Crippen LogP contribution in [0.1, 0.15) is 23.1 Å². The fourth-order valence-electron chi connectivity index (χ4n) is 0.866. The number of nitrogens with zero attached hydrogens (tertiary/aromatic N) is 2. The van der Waals surface area contributed by atoms with E-state index >= 15 is 0 Å². The molecule has 5 nitrogen and oxygen atoms in total. The molecule has 1 heterocycles. The average molecular weight is 194 g/mol. The van der Waals surface area contributed by atoms with Crippen LogP contribution in [0.3, 0.4) is 0 Å². The minimum absolute atomic E-state index is 0.0506. The second kappa shape index (κ2) is 4.66. The molecule has 1 amide bonds. The van der Waals surface area contributed by atoms with Crippen LogP contribution in [0.15, 0.2) is 12.4 Å². The Bertz CT molecular complexity index is 307. The van der Waals surface area contributed by atoms with E-state index in [1.54, 1.807) is 6.92 Å². The predicted molar refractivity (Wildman–Crippen MR) is 52.8 cm³/mol. The first-order chi connectivity index (χ1) is 6.59. The van der Waals surface area contributed by atoms with Gasteiger partial charge in [0.1, 0.15) is 5.82 Å². The first-order valence-corrected chi connectivity index (χ1v) is 4.42. The van der Waals surface area contributed by atoms with Gasteiger partial charge < -0.3 is 11.1 Å². The second-order valence-corrected chi connectivity index (χ2v) is 3.21. The van der Waals surface area contributed by atoms with E-state index in [4.69, 9.17) is 5.73 Å². The molecule has 0 fully saturated rings. The Morgan fingerprint density at radius 2 is 2.14 bits per heavy atom. The molecule has 76 valence electrons. The minimum atomic E-state index is -0.192. The fraction of sp³-hybridized carbons (Fsp3) is 0.444. The van der Waals surface area contributed by atoms with Crippen LogP contribution in [-0.4, -0.2) is 28.5 Å². The van der Waals surface area contributed by atoms with Gasteiger partial charge in [-0.2, -0.15) is 0 Å². The predicted octanol–water partition coefficient (Wildman–Crippen LogP) is -0.138. The van der Waals surface area contributed by atoms with Crippen LogP contribution >= 0.6 is 0 Å². The smallest absolute Gasteiger partial charge is 0.254 e. The number of hydrogen-bond donors (Lipinski definition) is 2. The number of carbonyl (C=O) groups excluding carboxylic acids is 1. The van der Waals surface area contributed by atoms with Gasteiger partial charge in [0, 0.05) is 25.0 Å². The summed E-state index contributed by atoms with van der Waals surface area (Å²) in [4.78, 5) is 19.3. The van der Waals surface area contributed by atoms with E-state index in [9.17, 15) is 4.79 Å². The first kappa shape index (κ1) is 10.6. The molecule has 1 aromatic heterocycles. The van der Waals surface area contributed by atoms with Gasteiger partial charge in [0.15, 0.2) is 0 Å². The number of aryl methyl sites for hydroxylation is 1. The Kier molecular flexibility index (Phi) is 3.53. The standard InChI is InChI=1S/C9H14N4O/c1-6(10)3-13-9(14)8-4-11-7(2)12-5-8/h4-6H,3,10H2,1-2H3,(H,13,14). The zero-order valence-electron chi connectivity index (χ0n) is 8.32. The lowest BCUT2D eigenvalue weighted by molar-refractivity contribution is 0.0951. The van der Waals surface area contributed by atoms with E-state index in [1.165, 1.54) is 12.4 Å². The molecule has 1 aromatic rings. The minimum Gasteiger partial charge on any atom is -0.350 e. The summed E-state index contributed by atoms with van der Waals surface area (Å²) in [7, 11) is 0. The maximum atomic E-state index is 11.4. The van der Waals surface area contributed by atoms with E-state index in [-0.39, 0.29) is 11.9 Å². The van der Waals surface area contributed by atoms with E-state index < -0.39 is 0 Å². The molecule has 0 saturated heterocycles. The third-order valence-corrected chi connectivity index (χ3v) is 1.63. The number of rotatable bonds is 3. The van der Waals surface area contributed by atoms with Gasteiger partial charge in [-0.3, -0.25) is 4.79 Å². The third-order valence-electron chi connectivity index (χ3n) is 1.63. The molecule has 0 aliphatic rings. The van der Waals surface area contributed by atoms with Crippen LogP contribution in [-0.2, 0) is 0 Å². The van der Waals surface area contributed by atoms with Gasteiger partial charge in [-0.1, -0.05) is 0 Å². The molecule has 1 rings (SSSR count). The molecule has 0 spiro atoms. The topological polar surface area (TPSA) is 80.9 Å². The first-order valence-electron chi connectivity index (χ1n) is 4.42. The van der Waals surface area contributed by atoms with Gasteiger partial charge in [0.2, 0.25) is 0 Å². The van der Waals surface area contributed by atoms with Crippen molar-refractivity contribution in [1.29, 1.82) is 0 Å². The van der Waals surface area contributed by atoms with Crippen LogP contribution in [0.4, 0.5) is 0 Å². The van der Waals surface area contributed by atoms with E-state index in [0.29, 0.717) is 17.9 Å². The molecule has 0 aromatic carbocycles. The van der Waals surface area contributed by atoms with Crippen molar-refractivity contribution in [2.24, 2.45) is 5.73 Å². The van der Waals surface area contributed by atoms with E-state index in [0.717, 1.165) is 0 Å². The van der Waals surface area contributed by atoms with Gasteiger partial charge in [-0.05, 0) is 13.8 Å². The lowest BCUT2D eigenvalue weighted by Gasteiger charge is -2.06. The maximum Gasteiger partial charge on any atom is 0.254 e. The molecule has 5 heteroatoms. The van der Waals surface area contributed by atoms with Crippen molar-refractivity contribution in [3.05, 3.63) is 23.8 Å². The van der Waals surface area contributed by atoms with Crippen LogP contribution in [0.25, 0.3) is 0 Å². The lowest BCUT2D eigenvalue weighted by atomic mass is 10.3. The summed E-state index contributed by atoms with van der Waals surface area (Å²) < 4.78 is 0. The highest BCUT2D eigenvalue weighted by atomic mass is 16.1. The monoisotopic (exact) mass is 194 g/mol. The van der Waals surface area contributed by atoms with Crippen molar-refractivity contribution in [2.45, 2.75) is 19.9 Å². The SMILES string of the molecule is Cc1ncc(C(=O)NCC(C)N)cn1. The Balaban J connectivity index is 2.57. The molecule has 3 N–H and O–H groups in total. The molecule has 0 bridgehead atoms. The zero-order valence-corrected chi connectivity index (χ0v) is 8.32. The number of aromatic nitrogens is 2. The normalized spacial score (nSPS) is 12.2. The van der Waals surface area contributed by atoms with Crippen LogP contribution in [0.5, 0.6) is 0 Å². The Morgan fingerprint density at radius 3 is 2.64 bits per heavy atom. The quantitative estimate of drug-likeness (QED) is 0.702.